The molecule has 7 heteroatoms. The largest absolute Gasteiger partial charge is 0.495 e. The number of carbonyl (C=O) groups is 1. The first-order valence-corrected chi connectivity index (χ1v) is 7.78. The second-order valence-electron chi connectivity index (χ2n) is 4.51. The topological polar surface area (TPSA) is 85.4 Å². The summed E-state index contributed by atoms with van der Waals surface area (Å²) in [5, 5.41) is 3.05. The monoisotopic (exact) mass is 284 g/mol. The smallest absolute Gasteiger partial charge is 0.166 e. The number of rotatable bonds is 4. The summed E-state index contributed by atoms with van der Waals surface area (Å²) in [6.45, 7) is 0.399. The number of aromatic nitrogens is 1. The molecule has 1 atom stereocenters. The lowest BCUT2D eigenvalue weighted by Gasteiger charge is -2.22. The quantitative estimate of drug-likeness (QED) is 0.786. The van der Waals surface area contributed by atoms with Crippen molar-refractivity contribution in [1.29, 1.82) is 0 Å². The van der Waals surface area contributed by atoms with Crippen molar-refractivity contribution in [3.05, 3.63) is 24.0 Å². The molecule has 1 aliphatic heterocycles. The number of nitrogens with one attached hydrogen (secondary N) is 1. The van der Waals surface area contributed by atoms with E-state index in [0.29, 0.717) is 17.9 Å². The van der Waals surface area contributed by atoms with Crippen molar-refractivity contribution in [1.82, 2.24) is 10.3 Å². The first-order valence-electron chi connectivity index (χ1n) is 5.96. The molecule has 19 heavy (non-hydrogen) atoms. The van der Waals surface area contributed by atoms with E-state index in [1.807, 2.05) is 0 Å². The Morgan fingerprint density at radius 1 is 1.53 bits per heavy atom. The molecule has 1 aromatic rings. The van der Waals surface area contributed by atoms with Crippen molar-refractivity contribution in [3.63, 3.8) is 0 Å². The van der Waals surface area contributed by atoms with Gasteiger partial charge in [0.2, 0.25) is 0 Å². The Kier molecular flexibility index (Phi) is 4.16. The number of hydrogen-bond acceptors (Lipinski definition) is 6. The molecule has 0 saturated carbocycles. The fraction of sp³-hybridized carbons (Fsp3) is 0.500. The van der Waals surface area contributed by atoms with Crippen LogP contribution in [-0.4, -0.2) is 50.4 Å². The zero-order valence-electron chi connectivity index (χ0n) is 10.6. The van der Waals surface area contributed by atoms with Crippen LogP contribution in [0.5, 0.6) is 5.75 Å². The van der Waals surface area contributed by atoms with Gasteiger partial charge in [0.1, 0.15) is 5.75 Å². The van der Waals surface area contributed by atoms with E-state index < -0.39 is 9.84 Å². The van der Waals surface area contributed by atoms with Crippen molar-refractivity contribution >= 4 is 15.6 Å². The molecule has 0 radical (unpaired) electrons. The van der Waals surface area contributed by atoms with Gasteiger partial charge >= 0.3 is 0 Å². The van der Waals surface area contributed by atoms with Crippen LogP contribution in [0.3, 0.4) is 0 Å². The molecule has 2 rings (SSSR count). The highest BCUT2D eigenvalue weighted by Crippen LogP contribution is 2.14. The van der Waals surface area contributed by atoms with E-state index >= 15 is 0 Å². The zero-order chi connectivity index (χ0) is 13.9. The standard InChI is InChI=1S/C12H16N2O4S/c1-18-11-4-9(6-13-7-11)12(15)5-10-8-19(16,17)3-2-14-10/h4,6-7,10,14H,2-3,5,8H2,1H3. The molecule has 0 bridgehead atoms. The summed E-state index contributed by atoms with van der Waals surface area (Å²) in [6, 6.07) is 1.28. The van der Waals surface area contributed by atoms with E-state index in [1.165, 1.54) is 19.5 Å². The van der Waals surface area contributed by atoms with Crippen LogP contribution in [-0.2, 0) is 9.84 Å². The van der Waals surface area contributed by atoms with Crippen LogP contribution in [0.1, 0.15) is 16.8 Å². The van der Waals surface area contributed by atoms with Gasteiger partial charge in [-0.3, -0.25) is 9.78 Å². The summed E-state index contributed by atoms with van der Waals surface area (Å²) in [4.78, 5) is 16.0. The lowest BCUT2D eigenvalue weighted by Crippen LogP contribution is -2.46. The van der Waals surface area contributed by atoms with Crippen molar-refractivity contribution in [2.75, 3.05) is 25.2 Å². The van der Waals surface area contributed by atoms with Gasteiger partial charge in [-0.25, -0.2) is 8.42 Å². The molecule has 1 saturated heterocycles. The maximum atomic E-state index is 12.1. The molecule has 1 unspecified atom stereocenters. The molecule has 0 aromatic carbocycles. The molecule has 0 spiro atoms. The van der Waals surface area contributed by atoms with Gasteiger partial charge in [0.05, 0.1) is 24.8 Å². The molecule has 6 nitrogen and oxygen atoms in total. The number of ketones is 1. The Morgan fingerprint density at radius 3 is 3.00 bits per heavy atom. The second-order valence-corrected chi connectivity index (χ2v) is 6.73. The minimum atomic E-state index is -3.03. The van der Waals surface area contributed by atoms with Gasteiger partial charge in [-0.2, -0.15) is 0 Å². The summed E-state index contributed by atoms with van der Waals surface area (Å²) in [6.07, 6.45) is 3.12. The number of methoxy groups -OCH3 is 1. The molecule has 1 N–H and O–H groups in total. The summed E-state index contributed by atoms with van der Waals surface area (Å²) >= 11 is 0. The van der Waals surface area contributed by atoms with E-state index in [9.17, 15) is 13.2 Å². The SMILES string of the molecule is COc1cncc(C(=O)CC2CS(=O)(=O)CCN2)c1. The third kappa shape index (κ3) is 3.74. The van der Waals surface area contributed by atoms with E-state index in [2.05, 4.69) is 10.3 Å². The zero-order valence-corrected chi connectivity index (χ0v) is 11.4. The summed E-state index contributed by atoms with van der Waals surface area (Å²) in [5.74, 6) is 0.519. The number of pyridine rings is 1. The molecule has 104 valence electrons. The average Bonchev–Trinajstić information content (AvgIpc) is 2.37. The van der Waals surface area contributed by atoms with Crippen LogP contribution in [0.25, 0.3) is 0 Å². The average molecular weight is 284 g/mol. The van der Waals surface area contributed by atoms with Crippen molar-refractivity contribution in [2.24, 2.45) is 0 Å². The van der Waals surface area contributed by atoms with Gasteiger partial charge < -0.3 is 10.1 Å². The van der Waals surface area contributed by atoms with Gasteiger partial charge in [0, 0.05) is 30.8 Å². The first kappa shape index (κ1) is 14.0. The second kappa shape index (κ2) is 5.66. The van der Waals surface area contributed by atoms with Crippen molar-refractivity contribution < 1.29 is 17.9 Å². The van der Waals surface area contributed by atoms with Crippen LogP contribution in [0.15, 0.2) is 18.5 Å². The fourth-order valence-corrected chi connectivity index (χ4v) is 3.47. The predicted octanol–water partition coefficient (Wildman–Crippen LogP) is 0.0496. The predicted molar refractivity (Wildman–Crippen MR) is 70.2 cm³/mol. The van der Waals surface area contributed by atoms with E-state index in [0.717, 1.165) is 0 Å². The normalized spacial score (nSPS) is 21.8. The molecular weight excluding hydrogens is 268 g/mol. The first-order chi connectivity index (χ1) is 9.00. The summed E-state index contributed by atoms with van der Waals surface area (Å²) in [7, 11) is -1.53. The van der Waals surface area contributed by atoms with Gasteiger partial charge in [-0.15, -0.1) is 0 Å². The number of hydrogen-bond donors (Lipinski definition) is 1. The van der Waals surface area contributed by atoms with Crippen molar-refractivity contribution in [2.45, 2.75) is 12.5 Å². The Balaban J connectivity index is 2.04. The van der Waals surface area contributed by atoms with E-state index in [1.54, 1.807) is 6.07 Å². The number of Topliss-reactive ketones (excluding diaryl/α,β-unsaturated/α-hetero) is 1. The van der Waals surface area contributed by atoms with Crippen LogP contribution >= 0.6 is 0 Å². The third-order valence-electron chi connectivity index (χ3n) is 3.00. The van der Waals surface area contributed by atoms with Crippen molar-refractivity contribution in [3.8, 4) is 5.75 Å². The summed E-state index contributed by atoms with van der Waals surface area (Å²) < 4.78 is 28.0. The van der Waals surface area contributed by atoms with Crippen LogP contribution in [0.2, 0.25) is 0 Å². The molecule has 1 aliphatic rings. The van der Waals surface area contributed by atoms with Gasteiger partial charge in [-0.1, -0.05) is 0 Å². The Hall–Kier alpha value is -1.47. The molecular formula is C12H16N2O4S. The van der Waals surface area contributed by atoms with Gasteiger partial charge in [0.15, 0.2) is 15.6 Å². The molecule has 1 aromatic heterocycles. The number of carbonyl (C=O) groups excluding carboxylic acids is 1. The number of nitrogens with zero attached hydrogens (tertiary/aromatic N) is 1. The molecule has 0 aliphatic carbocycles. The number of sulfone groups is 1. The highest BCUT2D eigenvalue weighted by Gasteiger charge is 2.26. The molecule has 0 amide bonds. The highest BCUT2D eigenvalue weighted by atomic mass is 32.2. The van der Waals surface area contributed by atoms with Gasteiger partial charge in [-0.05, 0) is 6.07 Å². The van der Waals surface area contributed by atoms with Crippen LogP contribution in [0.4, 0.5) is 0 Å². The maximum absolute atomic E-state index is 12.1. The van der Waals surface area contributed by atoms with E-state index in [-0.39, 0.29) is 29.8 Å². The summed E-state index contributed by atoms with van der Waals surface area (Å²) in [5.41, 5.74) is 0.434. The Morgan fingerprint density at radius 2 is 2.32 bits per heavy atom. The fourth-order valence-electron chi connectivity index (χ4n) is 2.02. The molecule has 1 fully saturated rings. The minimum Gasteiger partial charge on any atom is -0.495 e. The molecule has 2 heterocycles. The highest BCUT2D eigenvalue weighted by molar-refractivity contribution is 7.91. The number of ether oxygens (including phenoxy) is 1. The van der Waals surface area contributed by atoms with E-state index in [4.69, 9.17) is 4.74 Å². The van der Waals surface area contributed by atoms with Gasteiger partial charge in [0.25, 0.3) is 0 Å². The van der Waals surface area contributed by atoms with Crippen LogP contribution in [0, 0.1) is 0 Å². The third-order valence-corrected chi connectivity index (χ3v) is 4.74. The van der Waals surface area contributed by atoms with Crippen LogP contribution < -0.4 is 10.1 Å². The maximum Gasteiger partial charge on any atom is 0.166 e. The minimum absolute atomic E-state index is 0.0101. The lowest BCUT2D eigenvalue weighted by molar-refractivity contribution is 0.0971. The Bertz CT molecular complexity index is 571. The lowest BCUT2D eigenvalue weighted by atomic mass is 10.1. The Labute approximate surface area is 112 Å².